The number of aliphatic hydroxyl groups excluding tert-OH is 1. The van der Waals surface area contributed by atoms with Crippen LogP contribution >= 0.6 is 0 Å². The van der Waals surface area contributed by atoms with Crippen molar-refractivity contribution in [1.82, 2.24) is 0 Å². The summed E-state index contributed by atoms with van der Waals surface area (Å²) >= 11 is -3.56. The Bertz CT molecular complexity index is 828. The number of ether oxygens (including phenoxy) is 4. The SMILES string of the molecule is C=C[C@@H](O)[C@@H](OC(C)C)[C@H]1C[C@]23O[C@H]([C@@H]1C)[C@H](OCOC)[C@@H]1CC[C@]2([O][Sn]([CH2]CCC)([CH2]CCC)[O]3)C1(C)C. The Kier molecular flexibility index (Phi) is 10.3. The molecule has 0 amide bonds. The van der Waals surface area contributed by atoms with Crippen molar-refractivity contribution in [2.45, 2.75) is 144 Å². The molecule has 39 heavy (non-hydrogen) atoms. The first-order chi connectivity index (χ1) is 18.5. The van der Waals surface area contributed by atoms with Crippen LogP contribution in [0.5, 0.6) is 0 Å². The molecular weight excluding hydrogens is 603 g/mol. The topological polar surface area (TPSA) is 75.6 Å². The van der Waals surface area contributed by atoms with Crippen LogP contribution in [0, 0.1) is 23.2 Å². The zero-order valence-electron chi connectivity index (χ0n) is 25.9. The molecule has 4 bridgehead atoms. The monoisotopic (exact) mass is 660 g/mol. The van der Waals surface area contributed by atoms with Crippen LogP contribution in [0.15, 0.2) is 12.7 Å². The second-order valence-corrected chi connectivity index (χ2v) is 22.7. The molecule has 1 saturated carbocycles. The van der Waals surface area contributed by atoms with Crippen molar-refractivity contribution in [3.63, 3.8) is 0 Å². The third-order valence-electron chi connectivity index (χ3n) is 10.5. The maximum atomic E-state index is 11.2. The summed E-state index contributed by atoms with van der Waals surface area (Å²) < 4.78 is 43.1. The summed E-state index contributed by atoms with van der Waals surface area (Å²) in [6.45, 7) is 19.7. The van der Waals surface area contributed by atoms with Crippen molar-refractivity contribution in [1.29, 1.82) is 0 Å². The number of methoxy groups -OCH3 is 1. The van der Waals surface area contributed by atoms with Gasteiger partial charge in [0.15, 0.2) is 0 Å². The molecule has 4 aliphatic rings. The number of hydrogen-bond acceptors (Lipinski definition) is 7. The van der Waals surface area contributed by atoms with E-state index in [9.17, 15) is 5.11 Å². The second kappa shape index (κ2) is 12.5. The Labute approximate surface area is 242 Å². The Hall–Kier alpha value is 0.259. The van der Waals surface area contributed by atoms with Gasteiger partial charge in [-0.2, -0.15) is 0 Å². The van der Waals surface area contributed by atoms with Crippen molar-refractivity contribution in [2.75, 3.05) is 13.9 Å². The average Bonchev–Trinajstić information content (AvgIpc) is 3.30. The minimum atomic E-state index is -3.56. The van der Waals surface area contributed by atoms with E-state index in [4.69, 9.17) is 25.1 Å². The Morgan fingerprint density at radius 3 is 2.36 bits per heavy atom. The molecule has 4 rings (SSSR count). The number of rotatable bonds is 14. The summed E-state index contributed by atoms with van der Waals surface area (Å²) in [6.07, 6.45) is 7.10. The molecule has 0 unspecified atom stereocenters. The van der Waals surface area contributed by atoms with Gasteiger partial charge < -0.3 is 0 Å². The Balaban J connectivity index is 1.87. The van der Waals surface area contributed by atoms with Gasteiger partial charge in [0, 0.05) is 0 Å². The van der Waals surface area contributed by atoms with E-state index in [0.29, 0.717) is 6.42 Å². The number of hydrogen-bond donors (Lipinski definition) is 1. The molecule has 3 aliphatic heterocycles. The molecule has 0 aromatic carbocycles. The summed E-state index contributed by atoms with van der Waals surface area (Å²) in [7, 11) is 1.67. The molecule has 3 saturated heterocycles. The predicted molar refractivity (Wildman–Crippen MR) is 154 cm³/mol. The fourth-order valence-electron chi connectivity index (χ4n) is 8.49. The van der Waals surface area contributed by atoms with Gasteiger partial charge in [0.1, 0.15) is 0 Å². The van der Waals surface area contributed by atoms with E-state index in [1.54, 1.807) is 13.2 Å². The standard InChI is InChI=1S/C23H38O7.2C4H9.Sn/c1-8-17(24)19(29-13(2)3)15-11-23(26)22(25)10-9-16(21(22,5)6)20(28-12-27-7)18(30-23)14(15)4;2*1-3-4-2;/h8,13-20,24H,1,9-12H2,2-7H3;2*1,3-4H2,2H3;/q-2;;;+2/t14-,15+,16+,17-,18-,19+,20-,22+,23+;;;/m1.../s1. The van der Waals surface area contributed by atoms with E-state index in [1.807, 2.05) is 13.8 Å². The van der Waals surface area contributed by atoms with E-state index in [1.165, 1.54) is 0 Å². The van der Waals surface area contributed by atoms with E-state index in [2.05, 4.69) is 41.2 Å². The number of aliphatic hydroxyl groups is 1. The molecule has 7 nitrogen and oxygen atoms in total. The van der Waals surface area contributed by atoms with Gasteiger partial charge in [-0.3, -0.25) is 0 Å². The van der Waals surface area contributed by atoms with E-state index < -0.39 is 42.8 Å². The van der Waals surface area contributed by atoms with Gasteiger partial charge in [0.2, 0.25) is 0 Å². The normalized spacial score (nSPS) is 39.8. The van der Waals surface area contributed by atoms with E-state index >= 15 is 0 Å². The van der Waals surface area contributed by atoms with Crippen molar-refractivity contribution >= 4 is 19.2 Å². The molecular formula is C31H56O7Sn. The molecule has 226 valence electrons. The molecule has 1 N–H and O–H groups in total. The summed E-state index contributed by atoms with van der Waals surface area (Å²) in [4.78, 5) is 0. The van der Waals surface area contributed by atoms with Crippen molar-refractivity contribution in [3.05, 3.63) is 12.7 Å². The third-order valence-corrected chi connectivity index (χ3v) is 20.9. The van der Waals surface area contributed by atoms with Crippen molar-refractivity contribution in [3.8, 4) is 0 Å². The average molecular weight is 659 g/mol. The van der Waals surface area contributed by atoms with Gasteiger partial charge in [-0.1, -0.05) is 0 Å². The first-order valence-electron chi connectivity index (χ1n) is 15.6. The second-order valence-electron chi connectivity index (χ2n) is 13.5. The molecule has 1 aliphatic carbocycles. The minimum absolute atomic E-state index is 0.0112. The van der Waals surface area contributed by atoms with E-state index in [0.717, 1.165) is 47.4 Å². The van der Waals surface area contributed by atoms with Gasteiger partial charge >= 0.3 is 243 Å². The Morgan fingerprint density at radius 2 is 1.79 bits per heavy atom. The molecule has 4 fully saturated rings. The predicted octanol–water partition coefficient (Wildman–Crippen LogP) is 6.33. The summed E-state index contributed by atoms with van der Waals surface area (Å²) in [5.74, 6) is -0.557. The van der Waals surface area contributed by atoms with Crippen LogP contribution in [0.2, 0.25) is 8.87 Å². The summed E-state index contributed by atoms with van der Waals surface area (Å²) in [6, 6.07) is 0. The first kappa shape index (κ1) is 32.2. The van der Waals surface area contributed by atoms with Gasteiger partial charge in [-0.15, -0.1) is 0 Å². The van der Waals surface area contributed by atoms with Crippen LogP contribution in [0.25, 0.3) is 0 Å². The van der Waals surface area contributed by atoms with Gasteiger partial charge in [0.05, 0.1) is 0 Å². The summed E-state index contributed by atoms with van der Waals surface area (Å²) in [5.41, 5.74) is -0.747. The quantitative estimate of drug-likeness (QED) is 0.133. The molecule has 3 heterocycles. The summed E-state index contributed by atoms with van der Waals surface area (Å²) in [5, 5.41) is 11.2. The van der Waals surface area contributed by atoms with Crippen LogP contribution in [0.1, 0.15) is 93.4 Å². The van der Waals surface area contributed by atoms with Crippen LogP contribution in [0.4, 0.5) is 0 Å². The molecule has 0 radical (unpaired) electrons. The van der Waals surface area contributed by atoms with E-state index in [-0.39, 0.29) is 48.3 Å². The fraction of sp³-hybridized carbons (Fsp3) is 0.935. The zero-order valence-corrected chi connectivity index (χ0v) is 28.7. The third kappa shape index (κ3) is 5.43. The van der Waals surface area contributed by atoms with Crippen LogP contribution < -0.4 is 0 Å². The molecule has 0 aromatic rings. The Morgan fingerprint density at radius 1 is 1.13 bits per heavy atom. The first-order valence-corrected chi connectivity index (χ1v) is 22.0. The molecule has 8 heteroatoms. The van der Waals surface area contributed by atoms with Gasteiger partial charge in [-0.05, 0) is 0 Å². The number of fused-ring (bicyclic) bond motifs is 2. The van der Waals surface area contributed by atoms with Gasteiger partial charge in [-0.25, -0.2) is 0 Å². The van der Waals surface area contributed by atoms with Crippen LogP contribution in [-0.4, -0.2) is 80.1 Å². The molecule has 2 spiro atoms. The van der Waals surface area contributed by atoms with Crippen molar-refractivity contribution in [2.24, 2.45) is 23.2 Å². The molecule has 9 atom stereocenters. The zero-order chi connectivity index (χ0) is 28.6. The number of unbranched alkanes of at least 4 members (excludes halogenated alkanes) is 2. The van der Waals surface area contributed by atoms with Crippen LogP contribution in [0.3, 0.4) is 0 Å². The maximum absolute atomic E-state index is 11.2. The fourth-order valence-corrected chi connectivity index (χ4v) is 21.4. The van der Waals surface area contributed by atoms with Crippen LogP contribution in [-0.2, 0) is 25.1 Å². The molecule has 0 aromatic heterocycles. The van der Waals surface area contributed by atoms with Gasteiger partial charge in [0.25, 0.3) is 0 Å². The van der Waals surface area contributed by atoms with Crippen molar-refractivity contribution < 1.29 is 30.2 Å².